The number of anilines is 1. The number of nitrogens with zero attached hydrogens (tertiary/aromatic N) is 1. The van der Waals surface area contributed by atoms with Crippen LogP contribution in [0.5, 0.6) is 5.75 Å². The van der Waals surface area contributed by atoms with Crippen molar-refractivity contribution < 1.29 is 17.9 Å². The van der Waals surface area contributed by atoms with Gasteiger partial charge in [-0.25, -0.2) is 13.4 Å². The van der Waals surface area contributed by atoms with E-state index in [1.807, 2.05) is 60.7 Å². The van der Waals surface area contributed by atoms with E-state index in [-0.39, 0.29) is 29.4 Å². The van der Waals surface area contributed by atoms with Crippen molar-refractivity contribution in [3.05, 3.63) is 84.9 Å². The third-order valence-corrected chi connectivity index (χ3v) is 8.03. The third-order valence-electron chi connectivity index (χ3n) is 5.19. The smallest absolute Gasteiger partial charge is 0.226 e. The van der Waals surface area contributed by atoms with E-state index in [0.717, 1.165) is 21.7 Å². The fourth-order valence-electron chi connectivity index (χ4n) is 3.46. The van der Waals surface area contributed by atoms with E-state index < -0.39 is 9.84 Å². The minimum absolute atomic E-state index is 0.0797. The molecule has 1 N–H and O–H groups in total. The average molecular weight is 493 g/mol. The highest BCUT2D eigenvalue weighted by molar-refractivity contribution is 7.91. The lowest BCUT2D eigenvalue weighted by Gasteiger charge is -2.06. The molecular weight excluding hydrogens is 468 g/mol. The van der Waals surface area contributed by atoms with Crippen molar-refractivity contribution in [3.63, 3.8) is 0 Å². The highest BCUT2D eigenvalue weighted by Crippen LogP contribution is 2.38. The molecule has 0 atom stereocenters. The van der Waals surface area contributed by atoms with Gasteiger partial charge in [-0.15, -0.1) is 0 Å². The van der Waals surface area contributed by atoms with Crippen LogP contribution in [0.1, 0.15) is 12.8 Å². The average Bonchev–Trinajstić information content (AvgIpc) is 3.28. The van der Waals surface area contributed by atoms with Crippen LogP contribution in [0.3, 0.4) is 0 Å². The second-order valence-electron chi connectivity index (χ2n) is 7.57. The quantitative estimate of drug-likeness (QED) is 0.325. The molecule has 174 valence electrons. The number of sulfone groups is 1. The van der Waals surface area contributed by atoms with E-state index in [1.165, 1.54) is 30.6 Å². The molecule has 1 aromatic heterocycles. The Morgan fingerprint density at radius 1 is 0.912 bits per heavy atom. The summed E-state index contributed by atoms with van der Waals surface area (Å²) in [5.41, 5.74) is 2.78. The van der Waals surface area contributed by atoms with E-state index in [2.05, 4.69) is 10.3 Å². The van der Waals surface area contributed by atoms with Crippen molar-refractivity contribution in [2.45, 2.75) is 17.7 Å². The Morgan fingerprint density at radius 3 is 2.15 bits per heavy atom. The molecule has 3 aromatic carbocycles. The summed E-state index contributed by atoms with van der Waals surface area (Å²) in [7, 11) is -1.95. The molecule has 0 unspecified atom stereocenters. The third kappa shape index (κ3) is 5.70. The fourth-order valence-corrected chi connectivity index (χ4v) is 5.78. The highest BCUT2D eigenvalue weighted by Gasteiger charge is 2.18. The number of carbonyl (C=O) groups is 1. The van der Waals surface area contributed by atoms with Crippen LogP contribution in [-0.4, -0.2) is 32.2 Å². The molecule has 0 saturated carbocycles. The lowest BCUT2D eigenvalue weighted by Crippen LogP contribution is -2.14. The Morgan fingerprint density at radius 2 is 1.53 bits per heavy atom. The van der Waals surface area contributed by atoms with Gasteiger partial charge in [0.25, 0.3) is 0 Å². The van der Waals surface area contributed by atoms with Crippen LogP contribution >= 0.6 is 11.3 Å². The molecule has 0 radical (unpaired) electrons. The van der Waals surface area contributed by atoms with Gasteiger partial charge in [0.1, 0.15) is 5.75 Å². The monoisotopic (exact) mass is 492 g/mol. The van der Waals surface area contributed by atoms with Gasteiger partial charge in [-0.3, -0.25) is 4.79 Å². The number of rotatable bonds is 9. The topological polar surface area (TPSA) is 85.4 Å². The maximum atomic E-state index is 12.6. The fraction of sp³-hybridized carbons (Fsp3) is 0.154. The van der Waals surface area contributed by atoms with Crippen LogP contribution < -0.4 is 10.1 Å². The molecular formula is C26H24N2O4S2. The van der Waals surface area contributed by atoms with Gasteiger partial charge in [-0.2, -0.15) is 0 Å². The van der Waals surface area contributed by atoms with E-state index >= 15 is 0 Å². The first-order valence-electron chi connectivity index (χ1n) is 10.7. The van der Waals surface area contributed by atoms with Crippen LogP contribution in [-0.2, 0) is 14.6 Å². The largest absolute Gasteiger partial charge is 0.497 e. The van der Waals surface area contributed by atoms with Gasteiger partial charge in [-0.05, 0) is 36.2 Å². The zero-order chi connectivity index (χ0) is 24.0. The van der Waals surface area contributed by atoms with Gasteiger partial charge >= 0.3 is 0 Å². The van der Waals surface area contributed by atoms with Crippen molar-refractivity contribution in [2.24, 2.45) is 0 Å². The summed E-state index contributed by atoms with van der Waals surface area (Å²) in [6.45, 7) is 0. The molecule has 4 aromatic rings. The molecule has 0 aliphatic rings. The molecule has 0 saturated heterocycles. The number of benzene rings is 3. The maximum Gasteiger partial charge on any atom is 0.226 e. The van der Waals surface area contributed by atoms with E-state index in [4.69, 9.17) is 4.74 Å². The Balaban J connectivity index is 1.43. The van der Waals surface area contributed by atoms with Crippen LogP contribution in [0.25, 0.3) is 21.7 Å². The Kier molecular flexibility index (Phi) is 7.40. The number of aromatic nitrogens is 1. The summed E-state index contributed by atoms with van der Waals surface area (Å²) in [5.74, 6) is 0.208. The van der Waals surface area contributed by atoms with Gasteiger partial charge < -0.3 is 10.1 Å². The molecule has 1 heterocycles. The van der Waals surface area contributed by atoms with Crippen molar-refractivity contribution in [1.29, 1.82) is 0 Å². The number of nitrogens with one attached hydrogen (secondary N) is 1. The lowest BCUT2D eigenvalue weighted by atomic mass is 10.1. The van der Waals surface area contributed by atoms with Crippen LogP contribution in [0.2, 0.25) is 0 Å². The van der Waals surface area contributed by atoms with Crippen LogP contribution in [0.4, 0.5) is 5.13 Å². The zero-order valence-corrected chi connectivity index (χ0v) is 20.2. The standard InChI is InChI=1S/C26H24N2O4S2/c1-32-21-14-16-22(17-15-21)34(30,31)18-8-13-23(29)27-26-28-24(19-9-4-2-5-10-19)25(33-26)20-11-6-3-7-12-20/h2-7,9-12,14-17H,8,13,18H2,1H3,(H,27,28,29). The van der Waals surface area contributed by atoms with Crippen LogP contribution in [0, 0.1) is 0 Å². The van der Waals surface area contributed by atoms with E-state index in [0.29, 0.717) is 10.9 Å². The lowest BCUT2D eigenvalue weighted by molar-refractivity contribution is -0.116. The molecule has 0 fully saturated rings. The van der Waals surface area contributed by atoms with E-state index in [9.17, 15) is 13.2 Å². The van der Waals surface area contributed by atoms with Gasteiger partial charge in [0.15, 0.2) is 15.0 Å². The number of hydrogen-bond donors (Lipinski definition) is 1. The summed E-state index contributed by atoms with van der Waals surface area (Å²) in [6.07, 6.45) is 0.291. The Hall–Kier alpha value is -3.49. The first-order valence-corrected chi connectivity index (χ1v) is 13.2. The van der Waals surface area contributed by atoms with Gasteiger partial charge in [-0.1, -0.05) is 72.0 Å². The summed E-state index contributed by atoms with van der Waals surface area (Å²) in [6, 6.07) is 26.0. The highest BCUT2D eigenvalue weighted by atomic mass is 32.2. The minimum atomic E-state index is -3.48. The summed E-state index contributed by atoms with van der Waals surface area (Å²) in [4.78, 5) is 18.4. The zero-order valence-electron chi connectivity index (χ0n) is 18.6. The van der Waals surface area contributed by atoms with Crippen LogP contribution in [0.15, 0.2) is 89.8 Å². The molecule has 0 spiro atoms. The predicted molar refractivity (Wildman–Crippen MR) is 136 cm³/mol. The van der Waals surface area contributed by atoms with Crippen molar-refractivity contribution in [2.75, 3.05) is 18.2 Å². The second kappa shape index (κ2) is 10.6. The normalized spacial score (nSPS) is 11.2. The first kappa shape index (κ1) is 23.7. The molecule has 4 rings (SSSR count). The first-order chi connectivity index (χ1) is 16.5. The van der Waals surface area contributed by atoms with Gasteiger partial charge in [0, 0.05) is 12.0 Å². The number of ether oxygens (including phenoxy) is 1. The molecule has 6 nitrogen and oxygen atoms in total. The van der Waals surface area contributed by atoms with Crippen molar-refractivity contribution in [3.8, 4) is 27.4 Å². The maximum absolute atomic E-state index is 12.6. The second-order valence-corrected chi connectivity index (χ2v) is 10.7. The molecule has 1 amide bonds. The summed E-state index contributed by atoms with van der Waals surface area (Å²) in [5, 5.41) is 3.33. The Bertz CT molecular complexity index is 1290. The Labute approximate surface area is 203 Å². The van der Waals surface area contributed by atoms with E-state index in [1.54, 1.807) is 12.1 Å². The molecule has 0 bridgehead atoms. The SMILES string of the molecule is COc1ccc(S(=O)(=O)CCCC(=O)Nc2nc(-c3ccccc3)c(-c3ccccc3)s2)cc1. The summed E-state index contributed by atoms with van der Waals surface area (Å²) < 4.78 is 30.2. The molecule has 8 heteroatoms. The number of hydrogen-bond acceptors (Lipinski definition) is 6. The summed E-state index contributed by atoms with van der Waals surface area (Å²) >= 11 is 1.40. The van der Waals surface area contributed by atoms with Crippen molar-refractivity contribution >= 4 is 32.2 Å². The van der Waals surface area contributed by atoms with Crippen molar-refractivity contribution in [1.82, 2.24) is 4.98 Å². The number of amides is 1. The number of thiazole rings is 1. The molecule has 0 aliphatic heterocycles. The van der Waals surface area contributed by atoms with Gasteiger partial charge in [0.05, 0.1) is 28.3 Å². The minimum Gasteiger partial charge on any atom is -0.497 e. The predicted octanol–water partition coefficient (Wildman–Crippen LogP) is 5.68. The molecule has 34 heavy (non-hydrogen) atoms. The number of carbonyl (C=O) groups excluding carboxylic acids is 1. The number of methoxy groups -OCH3 is 1. The van der Waals surface area contributed by atoms with Gasteiger partial charge in [0.2, 0.25) is 5.91 Å². The molecule has 0 aliphatic carbocycles.